The summed E-state index contributed by atoms with van der Waals surface area (Å²) < 4.78 is 5.38. The highest BCUT2D eigenvalue weighted by atomic mass is 16.5. The third-order valence-corrected chi connectivity index (χ3v) is 1.81. The predicted molar refractivity (Wildman–Crippen MR) is 58.1 cm³/mol. The fraction of sp³-hybridized carbons (Fsp3) is 0.364. The van der Waals surface area contributed by atoms with Gasteiger partial charge in [0.05, 0.1) is 6.61 Å². The van der Waals surface area contributed by atoms with Gasteiger partial charge in [-0.05, 0) is 18.1 Å². The average molecular weight is 209 g/mol. The second-order valence-corrected chi connectivity index (χ2v) is 3.77. The zero-order valence-corrected chi connectivity index (χ0v) is 8.86. The first-order valence-corrected chi connectivity index (χ1v) is 4.76. The lowest BCUT2D eigenvalue weighted by Crippen LogP contribution is -2.08. The van der Waals surface area contributed by atoms with Crippen LogP contribution in [0.3, 0.4) is 0 Å². The maximum absolute atomic E-state index is 10.9. The maximum Gasteiger partial charge on any atom is 0.339 e. The number of carboxylic acids is 1. The van der Waals surface area contributed by atoms with E-state index in [1.165, 1.54) is 12.1 Å². The number of nitrogen functional groups attached to an aromatic ring is 1. The Morgan fingerprint density at radius 2 is 2.20 bits per heavy atom. The summed E-state index contributed by atoms with van der Waals surface area (Å²) in [7, 11) is 0. The topological polar surface area (TPSA) is 72.5 Å². The number of aromatic carboxylic acids is 1. The monoisotopic (exact) mass is 209 g/mol. The van der Waals surface area contributed by atoms with Crippen LogP contribution in [0.4, 0.5) is 5.69 Å². The molecule has 0 fully saturated rings. The van der Waals surface area contributed by atoms with Gasteiger partial charge in [-0.15, -0.1) is 0 Å². The van der Waals surface area contributed by atoms with Gasteiger partial charge in [-0.1, -0.05) is 13.8 Å². The van der Waals surface area contributed by atoms with E-state index >= 15 is 0 Å². The summed E-state index contributed by atoms with van der Waals surface area (Å²) in [6.07, 6.45) is 0. The fourth-order valence-electron chi connectivity index (χ4n) is 1.09. The van der Waals surface area contributed by atoms with Crippen molar-refractivity contribution in [3.8, 4) is 5.75 Å². The average Bonchev–Trinajstić information content (AvgIpc) is 2.14. The van der Waals surface area contributed by atoms with Crippen LogP contribution in [0.1, 0.15) is 24.2 Å². The van der Waals surface area contributed by atoms with Crippen molar-refractivity contribution in [3.05, 3.63) is 23.8 Å². The van der Waals surface area contributed by atoms with Crippen LogP contribution < -0.4 is 10.5 Å². The van der Waals surface area contributed by atoms with E-state index in [2.05, 4.69) is 0 Å². The van der Waals surface area contributed by atoms with Gasteiger partial charge in [-0.3, -0.25) is 0 Å². The lowest BCUT2D eigenvalue weighted by molar-refractivity contribution is 0.0691. The van der Waals surface area contributed by atoms with Crippen molar-refractivity contribution in [2.24, 2.45) is 5.92 Å². The van der Waals surface area contributed by atoms with Crippen molar-refractivity contribution < 1.29 is 14.6 Å². The van der Waals surface area contributed by atoms with E-state index in [4.69, 9.17) is 15.6 Å². The summed E-state index contributed by atoms with van der Waals surface area (Å²) >= 11 is 0. The minimum absolute atomic E-state index is 0.143. The van der Waals surface area contributed by atoms with E-state index in [0.717, 1.165) is 0 Å². The molecule has 82 valence electrons. The minimum Gasteiger partial charge on any atom is -0.492 e. The molecule has 0 aliphatic rings. The Morgan fingerprint density at radius 1 is 1.53 bits per heavy atom. The van der Waals surface area contributed by atoms with Gasteiger partial charge >= 0.3 is 5.97 Å². The summed E-state index contributed by atoms with van der Waals surface area (Å²) in [4.78, 5) is 10.9. The maximum atomic E-state index is 10.9. The van der Waals surface area contributed by atoms with Crippen LogP contribution in [0.5, 0.6) is 5.75 Å². The van der Waals surface area contributed by atoms with E-state index < -0.39 is 5.97 Å². The molecule has 3 N–H and O–H groups in total. The number of nitrogens with two attached hydrogens (primary N) is 1. The summed E-state index contributed by atoms with van der Waals surface area (Å²) in [5, 5.41) is 8.90. The van der Waals surface area contributed by atoms with Crippen LogP contribution in [0.15, 0.2) is 18.2 Å². The molecule has 1 aromatic carbocycles. The van der Waals surface area contributed by atoms with Crippen molar-refractivity contribution in [1.82, 2.24) is 0 Å². The molecule has 0 spiro atoms. The first kappa shape index (κ1) is 11.4. The summed E-state index contributed by atoms with van der Waals surface area (Å²) in [6, 6.07) is 4.53. The highest BCUT2D eigenvalue weighted by Gasteiger charge is 2.11. The molecule has 15 heavy (non-hydrogen) atoms. The molecular weight excluding hydrogens is 194 g/mol. The van der Waals surface area contributed by atoms with Crippen molar-refractivity contribution in [1.29, 1.82) is 0 Å². The number of benzene rings is 1. The van der Waals surface area contributed by atoms with Crippen molar-refractivity contribution in [2.75, 3.05) is 12.3 Å². The highest BCUT2D eigenvalue weighted by Crippen LogP contribution is 2.22. The van der Waals surface area contributed by atoms with Crippen molar-refractivity contribution >= 4 is 11.7 Å². The van der Waals surface area contributed by atoms with Crippen LogP contribution >= 0.6 is 0 Å². The molecule has 0 saturated heterocycles. The Labute approximate surface area is 88.7 Å². The Hall–Kier alpha value is -1.71. The van der Waals surface area contributed by atoms with Gasteiger partial charge < -0.3 is 15.6 Å². The number of carboxylic acid groups (broad SMARTS) is 1. The molecule has 0 bridgehead atoms. The minimum atomic E-state index is -1.01. The number of carbonyl (C=O) groups is 1. The Balaban J connectivity index is 2.92. The molecule has 0 heterocycles. The molecule has 0 radical (unpaired) electrons. The standard InChI is InChI=1S/C11H15NO3/c1-7(2)6-15-10-5-8(12)3-4-9(10)11(13)14/h3-5,7H,6,12H2,1-2H3,(H,13,14). The van der Waals surface area contributed by atoms with Crippen molar-refractivity contribution in [3.63, 3.8) is 0 Å². The van der Waals surface area contributed by atoms with Gasteiger partial charge in [0.15, 0.2) is 0 Å². The first-order valence-electron chi connectivity index (χ1n) is 4.76. The van der Waals surface area contributed by atoms with Gasteiger partial charge in [-0.2, -0.15) is 0 Å². The third kappa shape index (κ3) is 3.16. The molecular formula is C11H15NO3. The van der Waals surface area contributed by atoms with Gasteiger partial charge in [0.1, 0.15) is 11.3 Å². The summed E-state index contributed by atoms with van der Waals surface area (Å²) in [5.74, 6) is -0.335. The molecule has 0 amide bonds. The molecule has 0 unspecified atom stereocenters. The van der Waals surface area contributed by atoms with Crippen LogP contribution in [-0.2, 0) is 0 Å². The van der Waals surface area contributed by atoms with Gasteiger partial charge in [0, 0.05) is 11.8 Å². The predicted octanol–water partition coefficient (Wildman–Crippen LogP) is 2.00. The second-order valence-electron chi connectivity index (χ2n) is 3.77. The largest absolute Gasteiger partial charge is 0.492 e. The number of hydrogen-bond acceptors (Lipinski definition) is 3. The van der Waals surface area contributed by atoms with Crippen LogP contribution in [0.2, 0.25) is 0 Å². The smallest absolute Gasteiger partial charge is 0.339 e. The third-order valence-electron chi connectivity index (χ3n) is 1.81. The number of anilines is 1. The molecule has 0 aliphatic carbocycles. The Morgan fingerprint density at radius 3 is 2.73 bits per heavy atom. The lowest BCUT2D eigenvalue weighted by atomic mass is 10.2. The zero-order valence-electron chi connectivity index (χ0n) is 8.86. The first-order chi connectivity index (χ1) is 7.00. The SMILES string of the molecule is CC(C)COc1cc(N)ccc1C(=O)O. The lowest BCUT2D eigenvalue weighted by Gasteiger charge is -2.11. The van der Waals surface area contributed by atoms with E-state index in [0.29, 0.717) is 24.0 Å². The zero-order chi connectivity index (χ0) is 11.4. The molecule has 0 aromatic heterocycles. The normalized spacial score (nSPS) is 10.3. The molecule has 0 aliphatic heterocycles. The van der Waals surface area contributed by atoms with Gasteiger partial charge in [0.25, 0.3) is 0 Å². The highest BCUT2D eigenvalue weighted by molar-refractivity contribution is 5.91. The quantitative estimate of drug-likeness (QED) is 0.744. The Kier molecular flexibility index (Phi) is 3.55. The number of ether oxygens (including phenoxy) is 1. The molecule has 0 atom stereocenters. The van der Waals surface area contributed by atoms with Gasteiger partial charge in [0.2, 0.25) is 0 Å². The van der Waals surface area contributed by atoms with E-state index in [-0.39, 0.29) is 5.56 Å². The van der Waals surface area contributed by atoms with Crippen LogP contribution in [0.25, 0.3) is 0 Å². The Bertz CT molecular complexity index is 361. The van der Waals surface area contributed by atoms with Crippen LogP contribution in [-0.4, -0.2) is 17.7 Å². The van der Waals surface area contributed by atoms with E-state index in [1.807, 2.05) is 13.8 Å². The number of rotatable bonds is 4. The van der Waals surface area contributed by atoms with E-state index in [1.54, 1.807) is 6.07 Å². The fourth-order valence-corrected chi connectivity index (χ4v) is 1.09. The summed E-state index contributed by atoms with van der Waals surface area (Å²) in [6.45, 7) is 4.46. The summed E-state index contributed by atoms with van der Waals surface area (Å²) in [5.41, 5.74) is 6.20. The molecule has 1 rings (SSSR count). The van der Waals surface area contributed by atoms with Crippen LogP contribution in [0, 0.1) is 5.92 Å². The second kappa shape index (κ2) is 4.68. The van der Waals surface area contributed by atoms with Crippen molar-refractivity contribution in [2.45, 2.75) is 13.8 Å². The number of hydrogen-bond donors (Lipinski definition) is 2. The van der Waals surface area contributed by atoms with E-state index in [9.17, 15) is 4.79 Å². The molecule has 0 saturated carbocycles. The molecule has 1 aromatic rings. The van der Waals surface area contributed by atoms with Gasteiger partial charge in [-0.25, -0.2) is 4.79 Å². The molecule has 4 nitrogen and oxygen atoms in total. The molecule has 4 heteroatoms.